The molecule has 20 heavy (non-hydrogen) atoms. The first kappa shape index (κ1) is 15.3. The van der Waals surface area contributed by atoms with Gasteiger partial charge in [-0.15, -0.1) is 0 Å². The summed E-state index contributed by atoms with van der Waals surface area (Å²) in [5.74, 6) is -0.169. The summed E-state index contributed by atoms with van der Waals surface area (Å²) >= 11 is 0. The summed E-state index contributed by atoms with van der Waals surface area (Å²) in [4.78, 5) is 2.17. The predicted octanol–water partition coefficient (Wildman–Crippen LogP) is 2.67. The molecule has 0 aromatic heterocycles. The molecule has 0 atom stereocenters. The fourth-order valence-electron chi connectivity index (χ4n) is 2.60. The number of benzene rings is 1. The van der Waals surface area contributed by atoms with E-state index in [-0.39, 0.29) is 12.4 Å². The van der Waals surface area contributed by atoms with E-state index < -0.39 is 0 Å². The van der Waals surface area contributed by atoms with Gasteiger partial charge in [-0.05, 0) is 31.4 Å². The normalized spacial score (nSPS) is 15.4. The lowest BCUT2D eigenvalue weighted by molar-refractivity contribution is 0.283. The van der Waals surface area contributed by atoms with Crippen LogP contribution in [-0.4, -0.2) is 30.3 Å². The standard InChI is InChI=1S/C16H25FN2O/c1-12(2)18-11-14-15(17)7-4-8-16(14)19(9-10-20)13-5-3-6-13/h4,7-8,12-13,18,20H,3,5-6,9-11H2,1-2H3. The average molecular weight is 280 g/mol. The van der Waals surface area contributed by atoms with Gasteiger partial charge in [-0.1, -0.05) is 19.9 Å². The summed E-state index contributed by atoms with van der Waals surface area (Å²) in [6.45, 7) is 5.30. The molecular formula is C16H25FN2O. The minimum atomic E-state index is -0.169. The Labute approximate surface area is 120 Å². The van der Waals surface area contributed by atoms with Gasteiger partial charge in [0.1, 0.15) is 5.82 Å². The van der Waals surface area contributed by atoms with Gasteiger partial charge < -0.3 is 15.3 Å². The quantitative estimate of drug-likeness (QED) is 0.806. The molecule has 0 aliphatic heterocycles. The molecule has 1 aromatic rings. The molecule has 1 aliphatic carbocycles. The van der Waals surface area contributed by atoms with Crippen molar-refractivity contribution in [2.75, 3.05) is 18.1 Å². The maximum Gasteiger partial charge on any atom is 0.129 e. The number of hydrogen-bond donors (Lipinski definition) is 2. The van der Waals surface area contributed by atoms with Crippen molar-refractivity contribution in [1.82, 2.24) is 5.32 Å². The second-order valence-corrected chi connectivity index (χ2v) is 5.77. The van der Waals surface area contributed by atoms with Crippen molar-refractivity contribution >= 4 is 5.69 Å². The fourth-order valence-corrected chi connectivity index (χ4v) is 2.60. The number of nitrogens with zero attached hydrogens (tertiary/aromatic N) is 1. The minimum absolute atomic E-state index is 0.101. The van der Waals surface area contributed by atoms with Crippen LogP contribution in [0.15, 0.2) is 18.2 Å². The highest BCUT2D eigenvalue weighted by atomic mass is 19.1. The van der Waals surface area contributed by atoms with Crippen molar-refractivity contribution in [2.24, 2.45) is 0 Å². The number of halogens is 1. The van der Waals surface area contributed by atoms with Crippen molar-refractivity contribution in [3.8, 4) is 0 Å². The van der Waals surface area contributed by atoms with E-state index in [2.05, 4.69) is 24.1 Å². The van der Waals surface area contributed by atoms with Crippen LogP contribution < -0.4 is 10.2 Å². The number of aliphatic hydroxyl groups is 1. The van der Waals surface area contributed by atoms with Crippen molar-refractivity contribution in [2.45, 2.75) is 51.7 Å². The highest BCUT2D eigenvalue weighted by molar-refractivity contribution is 5.55. The first-order valence-corrected chi connectivity index (χ1v) is 7.51. The molecule has 0 unspecified atom stereocenters. The number of hydrogen-bond acceptors (Lipinski definition) is 3. The molecule has 0 saturated heterocycles. The fraction of sp³-hybridized carbons (Fsp3) is 0.625. The van der Waals surface area contributed by atoms with Gasteiger partial charge in [0, 0.05) is 36.4 Å². The molecule has 0 amide bonds. The smallest absolute Gasteiger partial charge is 0.129 e. The third kappa shape index (κ3) is 3.49. The molecule has 1 fully saturated rings. The second-order valence-electron chi connectivity index (χ2n) is 5.77. The van der Waals surface area contributed by atoms with E-state index in [0.29, 0.717) is 30.7 Å². The Hall–Kier alpha value is -1.13. The van der Waals surface area contributed by atoms with Crippen LogP contribution in [0.25, 0.3) is 0 Å². The monoisotopic (exact) mass is 280 g/mol. The Bertz CT molecular complexity index is 432. The summed E-state index contributed by atoms with van der Waals surface area (Å²) in [7, 11) is 0. The van der Waals surface area contributed by atoms with E-state index in [9.17, 15) is 9.50 Å². The number of rotatable bonds is 7. The predicted molar refractivity (Wildman–Crippen MR) is 80.4 cm³/mol. The zero-order chi connectivity index (χ0) is 14.5. The molecule has 3 nitrogen and oxygen atoms in total. The molecule has 112 valence electrons. The summed E-state index contributed by atoms with van der Waals surface area (Å²) in [5, 5.41) is 12.6. The van der Waals surface area contributed by atoms with Gasteiger partial charge in [-0.2, -0.15) is 0 Å². The van der Waals surface area contributed by atoms with Crippen molar-refractivity contribution in [3.63, 3.8) is 0 Å². The lowest BCUT2D eigenvalue weighted by atomic mass is 9.90. The van der Waals surface area contributed by atoms with Crippen LogP contribution >= 0.6 is 0 Å². The van der Waals surface area contributed by atoms with Crippen LogP contribution in [0.1, 0.15) is 38.7 Å². The van der Waals surface area contributed by atoms with Gasteiger partial charge in [-0.25, -0.2) is 4.39 Å². The van der Waals surface area contributed by atoms with Gasteiger partial charge in [0.2, 0.25) is 0 Å². The molecule has 0 bridgehead atoms. The van der Waals surface area contributed by atoms with E-state index in [1.165, 1.54) is 12.5 Å². The molecule has 4 heteroatoms. The van der Waals surface area contributed by atoms with Crippen LogP contribution in [0.5, 0.6) is 0 Å². The highest BCUT2D eigenvalue weighted by Crippen LogP contribution is 2.32. The van der Waals surface area contributed by atoms with Crippen LogP contribution in [0.4, 0.5) is 10.1 Å². The molecular weight excluding hydrogens is 255 g/mol. The third-order valence-electron chi connectivity index (χ3n) is 3.95. The molecule has 1 aromatic carbocycles. The Balaban J connectivity index is 2.25. The van der Waals surface area contributed by atoms with Gasteiger partial charge >= 0.3 is 0 Å². The Morgan fingerprint density at radius 1 is 1.40 bits per heavy atom. The van der Waals surface area contributed by atoms with Gasteiger partial charge in [-0.3, -0.25) is 0 Å². The highest BCUT2D eigenvalue weighted by Gasteiger charge is 2.27. The number of nitrogens with one attached hydrogen (secondary N) is 1. The number of aliphatic hydroxyl groups excluding tert-OH is 1. The summed E-state index contributed by atoms with van der Waals surface area (Å²) in [5.41, 5.74) is 1.64. The molecule has 0 radical (unpaired) electrons. The Kier molecular flexibility index (Phi) is 5.38. The van der Waals surface area contributed by atoms with E-state index in [1.807, 2.05) is 6.07 Å². The molecule has 2 rings (SSSR count). The van der Waals surface area contributed by atoms with E-state index in [4.69, 9.17) is 0 Å². The van der Waals surface area contributed by atoms with Gasteiger partial charge in [0.05, 0.1) is 6.61 Å². The number of anilines is 1. The maximum atomic E-state index is 14.2. The van der Waals surface area contributed by atoms with E-state index >= 15 is 0 Å². The van der Waals surface area contributed by atoms with E-state index in [0.717, 1.165) is 18.5 Å². The van der Waals surface area contributed by atoms with Crippen molar-refractivity contribution in [3.05, 3.63) is 29.6 Å². The van der Waals surface area contributed by atoms with Crippen molar-refractivity contribution in [1.29, 1.82) is 0 Å². The van der Waals surface area contributed by atoms with Crippen molar-refractivity contribution < 1.29 is 9.50 Å². The first-order valence-electron chi connectivity index (χ1n) is 7.51. The Morgan fingerprint density at radius 2 is 2.15 bits per heavy atom. The lowest BCUT2D eigenvalue weighted by Gasteiger charge is -2.40. The zero-order valence-corrected chi connectivity index (χ0v) is 12.4. The lowest BCUT2D eigenvalue weighted by Crippen LogP contribution is -2.42. The molecule has 1 aliphatic rings. The summed E-state index contributed by atoms with van der Waals surface area (Å²) in [6.07, 6.45) is 3.49. The minimum Gasteiger partial charge on any atom is -0.395 e. The second kappa shape index (κ2) is 7.04. The van der Waals surface area contributed by atoms with Crippen LogP contribution in [0, 0.1) is 5.82 Å². The van der Waals surface area contributed by atoms with Crippen LogP contribution in [0.2, 0.25) is 0 Å². The summed E-state index contributed by atoms with van der Waals surface area (Å²) in [6, 6.07) is 6.00. The first-order chi connectivity index (χ1) is 9.63. The Morgan fingerprint density at radius 3 is 2.70 bits per heavy atom. The molecule has 1 saturated carbocycles. The topological polar surface area (TPSA) is 35.5 Å². The van der Waals surface area contributed by atoms with Crippen LogP contribution in [-0.2, 0) is 6.54 Å². The zero-order valence-electron chi connectivity index (χ0n) is 12.4. The van der Waals surface area contributed by atoms with E-state index in [1.54, 1.807) is 6.07 Å². The van der Waals surface area contributed by atoms with Gasteiger partial charge in [0.25, 0.3) is 0 Å². The molecule has 0 spiro atoms. The molecule has 0 heterocycles. The maximum absolute atomic E-state index is 14.2. The SMILES string of the molecule is CC(C)NCc1c(F)cccc1N(CCO)C1CCC1. The van der Waals surface area contributed by atoms with Gasteiger partial charge in [0.15, 0.2) is 0 Å². The largest absolute Gasteiger partial charge is 0.395 e. The third-order valence-corrected chi connectivity index (χ3v) is 3.95. The average Bonchev–Trinajstić information content (AvgIpc) is 2.34. The summed E-state index contributed by atoms with van der Waals surface area (Å²) < 4.78 is 14.2. The molecule has 2 N–H and O–H groups in total. The van der Waals surface area contributed by atoms with Crippen LogP contribution in [0.3, 0.4) is 0 Å².